The normalized spacial score (nSPS) is 11.2. The summed E-state index contributed by atoms with van der Waals surface area (Å²) in [5.74, 6) is -0.165. The van der Waals surface area contributed by atoms with Crippen molar-refractivity contribution >= 4 is 22.8 Å². The van der Waals surface area contributed by atoms with Crippen molar-refractivity contribution in [3.8, 4) is 0 Å². The molecular weight excluding hydrogens is 338 g/mol. The van der Waals surface area contributed by atoms with Crippen LogP contribution < -0.4 is 5.56 Å². The molecule has 2 aromatic carbocycles. The van der Waals surface area contributed by atoms with Crippen LogP contribution in [0.15, 0.2) is 65.5 Å². The van der Waals surface area contributed by atoms with Gasteiger partial charge < -0.3 is 4.90 Å². The number of benzene rings is 2. The molecule has 3 aromatic rings. The van der Waals surface area contributed by atoms with E-state index in [1.165, 1.54) is 4.68 Å². The summed E-state index contributed by atoms with van der Waals surface area (Å²) in [6, 6.07) is 17.1. The van der Waals surface area contributed by atoms with Gasteiger partial charge in [0.2, 0.25) is 0 Å². The molecule has 138 valence electrons. The van der Waals surface area contributed by atoms with E-state index in [1.54, 1.807) is 30.1 Å². The fourth-order valence-electron chi connectivity index (χ4n) is 3.03. The standard InChI is InChI=1S/C22H23N3O2/c1-3-15-25(16-9-12-17-10-5-4-6-11-17)22(27)20-18-13-7-8-14-19(18)21(26)24(2)23-20/h4-14H,3,15-16H2,1-2H3. The molecule has 1 amide bonds. The number of hydrogen-bond donors (Lipinski definition) is 0. The van der Waals surface area contributed by atoms with Crippen LogP contribution in [0.4, 0.5) is 0 Å². The summed E-state index contributed by atoms with van der Waals surface area (Å²) >= 11 is 0. The molecule has 0 aliphatic heterocycles. The Morgan fingerprint density at radius 3 is 2.44 bits per heavy atom. The molecule has 0 atom stereocenters. The van der Waals surface area contributed by atoms with E-state index in [-0.39, 0.29) is 11.5 Å². The van der Waals surface area contributed by atoms with Crippen molar-refractivity contribution in [3.63, 3.8) is 0 Å². The van der Waals surface area contributed by atoms with Crippen molar-refractivity contribution in [1.82, 2.24) is 14.7 Å². The Morgan fingerprint density at radius 2 is 1.74 bits per heavy atom. The van der Waals surface area contributed by atoms with Crippen molar-refractivity contribution in [1.29, 1.82) is 0 Å². The topological polar surface area (TPSA) is 55.2 Å². The van der Waals surface area contributed by atoms with Gasteiger partial charge in [0.05, 0.1) is 5.39 Å². The monoisotopic (exact) mass is 361 g/mol. The number of aryl methyl sites for hydroxylation is 1. The third-order valence-corrected chi connectivity index (χ3v) is 4.38. The molecule has 0 radical (unpaired) electrons. The quantitative estimate of drug-likeness (QED) is 0.675. The number of carbonyl (C=O) groups is 1. The minimum atomic E-state index is -0.201. The number of nitrogens with zero attached hydrogens (tertiary/aromatic N) is 3. The molecule has 27 heavy (non-hydrogen) atoms. The highest BCUT2D eigenvalue weighted by Crippen LogP contribution is 2.15. The van der Waals surface area contributed by atoms with Crippen LogP contribution in [0.2, 0.25) is 0 Å². The molecule has 0 aliphatic carbocycles. The highest BCUT2D eigenvalue weighted by Gasteiger charge is 2.20. The lowest BCUT2D eigenvalue weighted by atomic mass is 10.1. The molecule has 0 N–H and O–H groups in total. The predicted molar refractivity (Wildman–Crippen MR) is 109 cm³/mol. The first-order valence-corrected chi connectivity index (χ1v) is 9.08. The average Bonchev–Trinajstić information content (AvgIpc) is 2.70. The van der Waals surface area contributed by atoms with Crippen molar-refractivity contribution in [2.75, 3.05) is 13.1 Å². The predicted octanol–water partition coefficient (Wildman–Crippen LogP) is 3.50. The molecule has 0 aliphatic rings. The maximum absolute atomic E-state index is 13.2. The van der Waals surface area contributed by atoms with Crippen LogP contribution in [0, 0.1) is 0 Å². The summed E-state index contributed by atoms with van der Waals surface area (Å²) in [6.07, 6.45) is 4.82. The van der Waals surface area contributed by atoms with Crippen LogP contribution in [-0.2, 0) is 7.05 Å². The second-order valence-electron chi connectivity index (χ2n) is 6.39. The minimum Gasteiger partial charge on any atom is -0.334 e. The van der Waals surface area contributed by atoms with Crippen LogP contribution in [0.1, 0.15) is 29.4 Å². The molecular formula is C22H23N3O2. The number of amides is 1. The van der Waals surface area contributed by atoms with Gasteiger partial charge >= 0.3 is 0 Å². The third-order valence-electron chi connectivity index (χ3n) is 4.38. The van der Waals surface area contributed by atoms with Crippen molar-refractivity contribution < 1.29 is 4.79 Å². The molecule has 3 rings (SSSR count). The molecule has 0 saturated heterocycles. The lowest BCUT2D eigenvalue weighted by molar-refractivity contribution is 0.0768. The molecule has 0 saturated carbocycles. The van der Waals surface area contributed by atoms with E-state index in [4.69, 9.17) is 0 Å². The Hall–Kier alpha value is -3.21. The van der Waals surface area contributed by atoms with Gasteiger partial charge in [0.15, 0.2) is 5.69 Å². The number of aromatic nitrogens is 2. The van der Waals surface area contributed by atoms with Crippen LogP contribution in [0.5, 0.6) is 0 Å². The first-order valence-electron chi connectivity index (χ1n) is 9.08. The fraction of sp³-hybridized carbons (Fsp3) is 0.227. The van der Waals surface area contributed by atoms with Crippen LogP contribution in [-0.4, -0.2) is 33.7 Å². The molecule has 0 bridgehead atoms. The Labute approximate surface area is 158 Å². The van der Waals surface area contributed by atoms with Gasteiger partial charge in [0.25, 0.3) is 11.5 Å². The van der Waals surface area contributed by atoms with Gasteiger partial charge in [0, 0.05) is 25.5 Å². The number of hydrogen-bond acceptors (Lipinski definition) is 3. The lowest BCUT2D eigenvalue weighted by Gasteiger charge is -2.21. The van der Waals surface area contributed by atoms with E-state index in [9.17, 15) is 9.59 Å². The Bertz CT molecular complexity index is 1020. The van der Waals surface area contributed by atoms with Gasteiger partial charge in [-0.15, -0.1) is 0 Å². The molecule has 1 heterocycles. The van der Waals surface area contributed by atoms with E-state index in [1.807, 2.05) is 55.5 Å². The highest BCUT2D eigenvalue weighted by atomic mass is 16.2. The van der Waals surface area contributed by atoms with E-state index in [2.05, 4.69) is 5.10 Å². The summed E-state index contributed by atoms with van der Waals surface area (Å²) in [7, 11) is 1.57. The summed E-state index contributed by atoms with van der Waals surface area (Å²) in [5, 5.41) is 5.36. The maximum Gasteiger partial charge on any atom is 0.275 e. The smallest absolute Gasteiger partial charge is 0.275 e. The summed E-state index contributed by atoms with van der Waals surface area (Å²) in [6.45, 7) is 3.14. The van der Waals surface area contributed by atoms with Crippen molar-refractivity contribution in [2.45, 2.75) is 13.3 Å². The lowest BCUT2D eigenvalue weighted by Crippen LogP contribution is -2.34. The molecule has 1 aromatic heterocycles. The van der Waals surface area contributed by atoms with Gasteiger partial charge in [0.1, 0.15) is 0 Å². The van der Waals surface area contributed by atoms with Gasteiger partial charge in [-0.2, -0.15) is 5.10 Å². The minimum absolute atomic E-state index is 0.165. The fourth-order valence-corrected chi connectivity index (χ4v) is 3.03. The van der Waals surface area contributed by atoms with E-state index < -0.39 is 0 Å². The second kappa shape index (κ2) is 8.45. The van der Waals surface area contributed by atoms with Gasteiger partial charge in [-0.1, -0.05) is 67.6 Å². The zero-order chi connectivity index (χ0) is 19.2. The largest absolute Gasteiger partial charge is 0.334 e. The molecule has 5 nitrogen and oxygen atoms in total. The van der Waals surface area contributed by atoms with E-state index in [0.717, 1.165) is 12.0 Å². The Kier molecular flexibility index (Phi) is 5.81. The zero-order valence-electron chi connectivity index (χ0n) is 15.6. The number of fused-ring (bicyclic) bond motifs is 1. The van der Waals surface area contributed by atoms with Gasteiger partial charge in [-0.25, -0.2) is 4.68 Å². The van der Waals surface area contributed by atoms with E-state index >= 15 is 0 Å². The summed E-state index contributed by atoms with van der Waals surface area (Å²) in [5.41, 5.74) is 1.20. The maximum atomic E-state index is 13.2. The van der Waals surface area contributed by atoms with Crippen LogP contribution >= 0.6 is 0 Å². The first kappa shape index (κ1) is 18.6. The van der Waals surface area contributed by atoms with Gasteiger partial charge in [-0.3, -0.25) is 9.59 Å². The summed E-state index contributed by atoms with van der Waals surface area (Å²) in [4.78, 5) is 27.2. The Morgan fingerprint density at radius 1 is 1.07 bits per heavy atom. The van der Waals surface area contributed by atoms with E-state index in [0.29, 0.717) is 29.6 Å². The average molecular weight is 361 g/mol. The Balaban J connectivity index is 1.91. The highest BCUT2D eigenvalue weighted by molar-refractivity contribution is 6.04. The SMILES string of the molecule is CCCN(CC=Cc1ccccc1)C(=O)c1nn(C)c(=O)c2ccccc12. The second-order valence-corrected chi connectivity index (χ2v) is 6.39. The van der Waals surface area contributed by atoms with Crippen molar-refractivity contribution in [3.05, 3.63) is 82.3 Å². The molecule has 0 unspecified atom stereocenters. The molecule has 0 fully saturated rings. The van der Waals surface area contributed by atoms with Crippen LogP contribution in [0.25, 0.3) is 16.8 Å². The zero-order valence-corrected chi connectivity index (χ0v) is 15.6. The van der Waals surface area contributed by atoms with Crippen LogP contribution in [0.3, 0.4) is 0 Å². The number of carbonyl (C=O) groups excluding carboxylic acids is 1. The van der Waals surface area contributed by atoms with Gasteiger partial charge in [-0.05, 0) is 18.1 Å². The molecule has 5 heteroatoms. The first-order chi connectivity index (χ1) is 13.1. The molecule has 0 spiro atoms. The summed E-state index contributed by atoms with van der Waals surface area (Å²) < 4.78 is 1.24. The van der Waals surface area contributed by atoms with Crippen molar-refractivity contribution in [2.24, 2.45) is 7.05 Å². The number of rotatable bonds is 6. The third kappa shape index (κ3) is 4.14.